The van der Waals surface area contributed by atoms with Crippen molar-refractivity contribution in [1.29, 1.82) is 0 Å². The van der Waals surface area contributed by atoms with Gasteiger partial charge in [-0.3, -0.25) is 0 Å². The molecule has 4 nitrogen and oxygen atoms in total. The Labute approximate surface area is 150 Å². The zero-order chi connectivity index (χ0) is 17.7. The molecule has 5 rings (SSSR count). The van der Waals surface area contributed by atoms with Crippen LogP contribution < -0.4 is 0 Å². The van der Waals surface area contributed by atoms with Gasteiger partial charge in [0.05, 0.1) is 0 Å². The first-order chi connectivity index (χ1) is 12.7. The normalized spacial score (nSPS) is 14.0. The number of H-pyrrole nitrogens is 2. The number of aromatic hydroxyl groups is 2. The van der Waals surface area contributed by atoms with E-state index in [-0.39, 0.29) is 17.4 Å². The fourth-order valence-electron chi connectivity index (χ4n) is 3.98. The number of allylic oxidation sites excluding steroid dienone is 4. The molecule has 0 atom stereocenters. The molecule has 4 aromatic rings. The van der Waals surface area contributed by atoms with Gasteiger partial charge in [-0.1, -0.05) is 23.8 Å². The third-order valence-electron chi connectivity index (χ3n) is 5.19. The van der Waals surface area contributed by atoms with Gasteiger partial charge in [0.25, 0.3) is 0 Å². The van der Waals surface area contributed by atoms with Gasteiger partial charge in [-0.05, 0) is 53.9 Å². The standard InChI is InChI=1S/C22H18N2O2/c25-14-5-7-20-16(9-14)18(11-23-20)22(13-3-1-2-4-13)19-12-24-21-8-6-15(26)10-17(19)21/h1-3,5-12,22-26H,4H2. The van der Waals surface area contributed by atoms with Crippen LogP contribution in [-0.2, 0) is 0 Å². The molecule has 2 aromatic carbocycles. The molecule has 0 radical (unpaired) electrons. The summed E-state index contributed by atoms with van der Waals surface area (Å²) in [6, 6.07) is 10.8. The second-order valence-electron chi connectivity index (χ2n) is 6.75. The van der Waals surface area contributed by atoms with Gasteiger partial charge in [-0.2, -0.15) is 0 Å². The highest BCUT2D eigenvalue weighted by molar-refractivity contribution is 5.90. The lowest BCUT2D eigenvalue weighted by Crippen LogP contribution is -2.03. The Kier molecular flexibility index (Phi) is 3.19. The minimum absolute atomic E-state index is 0.0381. The molecule has 4 N–H and O–H groups in total. The molecule has 0 amide bonds. The summed E-state index contributed by atoms with van der Waals surface area (Å²) in [7, 11) is 0. The summed E-state index contributed by atoms with van der Waals surface area (Å²) < 4.78 is 0. The van der Waals surface area contributed by atoms with E-state index in [0.29, 0.717) is 0 Å². The quantitative estimate of drug-likeness (QED) is 0.419. The third kappa shape index (κ3) is 2.23. The summed E-state index contributed by atoms with van der Waals surface area (Å²) in [6.07, 6.45) is 11.3. The third-order valence-corrected chi connectivity index (χ3v) is 5.19. The van der Waals surface area contributed by atoms with E-state index in [9.17, 15) is 10.2 Å². The van der Waals surface area contributed by atoms with Gasteiger partial charge in [0.1, 0.15) is 11.5 Å². The fourth-order valence-corrected chi connectivity index (χ4v) is 3.98. The maximum Gasteiger partial charge on any atom is 0.116 e. The average Bonchev–Trinajstić information content (AvgIpc) is 3.37. The number of aromatic amines is 2. The number of nitrogens with one attached hydrogen (secondary N) is 2. The van der Waals surface area contributed by atoms with Crippen molar-refractivity contribution in [3.63, 3.8) is 0 Å². The van der Waals surface area contributed by atoms with Crippen molar-refractivity contribution in [3.05, 3.63) is 83.7 Å². The highest BCUT2D eigenvalue weighted by Crippen LogP contribution is 2.42. The first kappa shape index (κ1) is 14.9. The predicted molar refractivity (Wildman–Crippen MR) is 104 cm³/mol. The van der Waals surface area contributed by atoms with Gasteiger partial charge in [0.2, 0.25) is 0 Å². The molecular weight excluding hydrogens is 324 g/mol. The number of hydrogen-bond acceptors (Lipinski definition) is 2. The molecule has 0 fully saturated rings. The zero-order valence-corrected chi connectivity index (χ0v) is 14.0. The lowest BCUT2D eigenvalue weighted by atomic mass is 9.84. The largest absolute Gasteiger partial charge is 0.508 e. The number of fused-ring (bicyclic) bond motifs is 2. The molecule has 0 unspecified atom stereocenters. The van der Waals surface area contributed by atoms with Gasteiger partial charge >= 0.3 is 0 Å². The Hall–Kier alpha value is -3.40. The van der Waals surface area contributed by atoms with Crippen LogP contribution in [0, 0.1) is 0 Å². The lowest BCUT2D eigenvalue weighted by Gasteiger charge is -2.18. The monoisotopic (exact) mass is 342 g/mol. The maximum atomic E-state index is 9.98. The molecule has 4 heteroatoms. The Bertz CT molecular complexity index is 1110. The molecule has 1 aliphatic rings. The molecule has 2 aromatic heterocycles. The lowest BCUT2D eigenvalue weighted by molar-refractivity contribution is 0.475. The zero-order valence-electron chi connectivity index (χ0n) is 14.0. The molecule has 1 aliphatic carbocycles. The summed E-state index contributed by atoms with van der Waals surface area (Å²) in [6.45, 7) is 0. The highest BCUT2D eigenvalue weighted by atomic mass is 16.3. The SMILES string of the molecule is Oc1ccc2[nH]cc(C(C3=CC=CC3)c3c[nH]c4ccc(O)cc34)c2c1. The maximum absolute atomic E-state index is 9.98. The molecule has 128 valence electrons. The van der Waals surface area contributed by atoms with E-state index in [1.807, 2.05) is 36.7 Å². The molecular formula is C22H18N2O2. The second kappa shape index (κ2) is 5.56. The Morgan fingerprint density at radius 3 is 1.88 bits per heavy atom. The van der Waals surface area contributed by atoms with E-state index in [4.69, 9.17) is 0 Å². The number of aromatic nitrogens is 2. The summed E-state index contributed by atoms with van der Waals surface area (Å²) >= 11 is 0. The van der Waals surface area contributed by atoms with E-state index in [1.54, 1.807) is 12.1 Å². The van der Waals surface area contributed by atoms with E-state index < -0.39 is 0 Å². The van der Waals surface area contributed by atoms with Crippen molar-refractivity contribution in [2.24, 2.45) is 0 Å². The number of phenolic OH excluding ortho intramolecular Hbond substituents is 2. The molecule has 2 heterocycles. The average molecular weight is 342 g/mol. The van der Waals surface area contributed by atoms with Crippen LogP contribution in [-0.4, -0.2) is 20.2 Å². The van der Waals surface area contributed by atoms with Gasteiger partial charge < -0.3 is 20.2 Å². The van der Waals surface area contributed by atoms with Crippen LogP contribution in [0.5, 0.6) is 11.5 Å². The first-order valence-electron chi connectivity index (χ1n) is 8.66. The van der Waals surface area contributed by atoms with Gasteiger partial charge in [-0.25, -0.2) is 0 Å². The predicted octanol–water partition coefficient (Wildman–Crippen LogP) is 5.08. The van der Waals surface area contributed by atoms with Crippen LogP contribution in [0.15, 0.2) is 72.6 Å². The van der Waals surface area contributed by atoms with Crippen molar-refractivity contribution < 1.29 is 10.2 Å². The van der Waals surface area contributed by atoms with E-state index >= 15 is 0 Å². The number of benzene rings is 2. The van der Waals surface area contributed by atoms with E-state index in [1.165, 1.54) is 5.57 Å². The summed E-state index contributed by atoms with van der Waals surface area (Å²) in [5, 5.41) is 22.0. The van der Waals surface area contributed by atoms with Crippen molar-refractivity contribution in [1.82, 2.24) is 9.97 Å². The van der Waals surface area contributed by atoms with Gasteiger partial charge in [-0.15, -0.1) is 0 Å². The fraction of sp³-hybridized carbons (Fsp3) is 0.0909. The summed E-state index contributed by atoms with van der Waals surface area (Å²) in [4.78, 5) is 6.64. The second-order valence-corrected chi connectivity index (χ2v) is 6.75. The number of hydrogen-bond donors (Lipinski definition) is 4. The van der Waals surface area contributed by atoms with Crippen LogP contribution in [0.4, 0.5) is 0 Å². The van der Waals surface area contributed by atoms with E-state index in [2.05, 4.69) is 28.2 Å². The Morgan fingerprint density at radius 1 is 0.808 bits per heavy atom. The minimum Gasteiger partial charge on any atom is -0.508 e. The molecule has 0 saturated carbocycles. The van der Waals surface area contributed by atoms with Gasteiger partial charge in [0, 0.05) is 40.1 Å². The van der Waals surface area contributed by atoms with Crippen molar-refractivity contribution in [3.8, 4) is 11.5 Å². The van der Waals surface area contributed by atoms with Crippen molar-refractivity contribution in [2.45, 2.75) is 12.3 Å². The van der Waals surface area contributed by atoms with Crippen LogP contribution in [0.1, 0.15) is 23.5 Å². The van der Waals surface area contributed by atoms with Crippen molar-refractivity contribution >= 4 is 21.8 Å². The molecule has 0 aliphatic heterocycles. The highest BCUT2D eigenvalue weighted by Gasteiger charge is 2.25. The first-order valence-corrected chi connectivity index (χ1v) is 8.66. The molecule has 0 bridgehead atoms. The van der Waals surface area contributed by atoms with E-state index in [0.717, 1.165) is 39.4 Å². The summed E-state index contributed by atoms with van der Waals surface area (Å²) in [5.74, 6) is 0.551. The Balaban J connectivity index is 1.78. The molecule has 26 heavy (non-hydrogen) atoms. The molecule has 0 saturated heterocycles. The summed E-state index contributed by atoms with van der Waals surface area (Å²) in [5.41, 5.74) is 5.53. The van der Waals surface area contributed by atoms with Crippen molar-refractivity contribution in [2.75, 3.05) is 0 Å². The Morgan fingerprint density at radius 2 is 1.38 bits per heavy atom. The smallest absolute Gasteiger partial charge is 0.116 e. The van der Waals surface area contributed by atoms with Crippen LogP contribution >= 0.6 is 0 Å². The van der Waals surface area contributed by atoms with Crippen LogP contribution in [0.2, 0.25) is 0 Å². The van der Waals surface area contributed by atoms with Gasteiger partial charge in [0.15, 0.2) is 0 Å². The van der Waals surface area contributed by atoms with Crippen LogP contribution in [0.3, 0.4) is 0 Å². The topological polar surface area (TPSA) is 72.0 Å². The van der Waals surface area contributed by atoms with Crippen LogP contribution in [0.25, 0.3) is 21.8 Å². The number of phenols is 2. The number of rotatable bonds is 3. The molecule has 0 spiro atoms. The minimum atomic E-state index is 0.0381.